The minimum atomic E-state index is -1.52. The highest BCUT2D eigenvalue weighted by Gasteiger charge is 2.11. The lowest BCUT2D eigenvalue weighted by Crippen LogP contribution is -2.16. The van der Waals surface area contributed by atoms with Gasteiger partial charge in [0.25, 0.3) is 5.69 Å². The van der Waals surface area contributed by atoms with E-state index in [-0.39, 0.29) is 10.8 Å². The van der Waals surface area contributed by atoms with E-state index in [1.165, 1.54) is 6.07 Å². The van der Waals surface area contributed by atoms with Crippen molar-refractivity contribution < 1.29 is 4.92 Å². The Morgan fingerprint density at radius 2 is 2.12 bits per heavy atom. The van der Waals surface area contributed by atoms with Crippen molar-refractivity contribution in [2.24, 2.45) is 0 Å². The third kappa shape index (κ3) is 3.64. The summed E-state index contributed by atoms with van der Waals surface area (Å²) in [4.78, 5) is 13.8. The van der Waals surface area contributed by atoms with Gasteiger partial charge in [-0.3, -0.25) is 10.1 Å². The fourth-order valence-electron chi connectivity index (χ4n) is 0.879. The van der Waals surface area contributed by atoms with Gasteiger partial charge in [0.2, 0.25) is 0 Å². The Kier molecular flexibility index (Phi) is 3.68. The van der Waals surface area contributed by atoms with Crippen molar-refractivity contribution in [3.63, 3.8) is 0 Å². The van der Waals surface area contributed by atoms with Crippen LogP contribution in [0.2, 0.25) is 24.8 Å². The van der Waals surface area contributed by atoms with Crippen LogP contribution < -0.4 is 0 Å². The van der Waals surface area contributed by atoms with Crippen LogP contribution in [0, 0.1) is 21.6 Å². The molecule has 1 aromatic rings. The van der Waals surface area contributed by atoms with E-state index >= 15 is 0 Å². The maximum Gasteiger partial charge on any atom is 0.288 e. The zero-order chi connectivity index (χ0) is 12.3. The van der Waals surface area contributed by atoms with Crippen LogP contribution >= 0.6 is 11.6 Å². The summed E-state index contributed by atoms with van der Waals surface area (Å²) in [7, 11) is -1.52. The molecule has 0 N–H and O–H groups in total. The van der Waals surface area contributed by atoms with Crippen LogP contribution in [0.5, 0.6) is 0 Å². The normalized spacial score (nSPS) is 10.5. The molecule has 0 amide bonds. The van der Waals surface area contributed by atoms with E-state index in [2.05, 4.69) is 36.1 Å². The Balaban J connectivity index is 3.17. The Labute approximate surface area is 99.8 Å². The first kappa shape index (κ1) is 12.7. The molecule has 0 aliphatic heterocycles. The average Bonchev–Trinajstić information content (AvgIpc) is 2.14. The Morgan fingerprint density at radius 3 is 2.62 bits per heavy atom. The molecule has 84 valence electrons. The number of hydrogen-bond acceptors (Lipinski definition) is 3. The van der Waals surface area contributed by atoms with Crippen LogP contribution in [-0.2, 0) is 0 Å². The molecule has 0 unspecified atom stereocenters. The summed E-state index contributed by atoms with van der Waals surface area (Å²) >= 11 is 5.81. The SMILES string of the molecule is C[Si](C)(C)C#Cc1cc([N+](=O)[O-])cnc1Cl. The quantitative estimate of drug-likeness (QED) is 0.255. The van der Waals surface area contributed by atoms with Crippen molar-refractivity contribution in [2.75, 3.05) is 0 Å². The second kappa shape index (κ2) is 4.64. The van der Waals surface area contributed by atoms with E-state index in [1.54, 1.807) is 0 Å². The van der Waals surface area contributed by atoms with Crippen LogP contribution in [0.25, 0.3) is 0 Å². The summed E-state index contributed by atoms with van der Waals surface area (Å²) in [5.74, 6) is 2.86. The molecule has 0 saturated heterocycles. The predicted octanol–water partition coefficient (Wildman–Crippen LogP) is 2.87. The molecular weight excluding hydrogens is 244 g/mol. The van der Waals surface area contributed by atoms with E-state index in [0.717, 1.165) is 6.20 Å². The number of pyridine rings is 1. The highest BCUT2D eigenvalue weighted by atomic mass is 35.5. The Hall–Kier alpha value is -1.38. The molecular formula is C10H11ClN2O2Si. The summed E-state index contributed by atoms with van der Waals surface area (Å²) in [6.45, 7) is 6.25. The zero-order valence-corrected chi connectivity index (χ0v) is 11.0. The van der Waals surface area contributed by atoms with Crippen molar-refractivity contribution >= 4 is 25.4 Å². The van der Waals surface area contributed by atoms with Crippen molar-refractivity contribution in [2.45, 2.75) is 19.6 Å². The number of nitro groups is 1. The van der Waals surface area contributed by atoms with Crippen molar-refractivity contribution in [1.82, 2.24) is 4.98 Å². The number of rotatable bonds is 1. The van der Waals surface area contributed by atoms with Gasteiger partial charge in [0.1, 0.15) is 19.4 Å². The van der Waals surface area contributed by atoms with Gasteiger partial charge in [-0.2, -0.15) is 0 Å². The van der Waals surface area contributed by atoms with E-state index in [9.17, 15) is 10.1 Å². The molecule has 16 heavy (non-hydrogen) atoms. The molecule has 0 bridgehead atoms. The lowest BCUT2D eigenvalue weighted by Gasteiger charge is -2.03. The minimum absolute atomic E-state index is 0.0933. The van der Waals surface area contributed by atoms with Crippen molar-refractivity contribution in [3.05, 3.63) is 33.1 Å². The van der Waals surface area contributed by atoms with Gasteiger partial charge in [0.05, 0.1) is 10.5 Å². The Morgan fingerprint density at radius 1 is 1.50 bits per heavy atom. The first-order valence-corrected chi connectivity index (χ1v) is 8.50. The molecule has 0 aliphatic carbocycles. The number of hydrogen-bond donors (Lipinski definition) is 0. The smallest absolute Gasteiger partial charge is 0.258 e. The maximum absolute atomic E-state index is 10.5. The van der Waals surface area contributed by atoms with Gasteiger partial charge < -0.3 is 0 Å². The van der Waals surface area contributed by atoms with E-state index in [4.69, 9.17) is 11.6 Å². The number of nitrogens with zero attached hydrogens (tertiary/aromatic N) is 2. The van der Waals surface area contributed by atoms with Gasteiger partial charge in [-0.25, -0.2) is 4.98 Å². The van der Waals surface area contributed by atoms with Gasteiger partial charge in [-0.05, 0) is 0 Å². The lowest BCUT2D eigenvalue weighted by atomic mass is 10.3. The lowest BCUT2D eigenvalue weighted by molar-refractivity contribution is -0.385. The van der Waals surface area contributed by atoms with Crippen molar-refractivity contribution in [3.8, 4) is 11.5 Å². The Bertz CT molecular complexity index is 486. The third-order valence-corrected chi connectivity index (χ3v) is 2.78. The molecule has 0 aliphatic rings. The monoisotopic (exact) mass is 254 g/mol. The molecule has 0 aromatic carbocycles. The number of aromatic nitrogens is 1. The predicted molar refractivity (Wildman–Crippen MR) is 66.1 cm³/mol. The molecule has 4 nitrogen and oxygen atoms in total. The van der Waals surface area contributed by atoms with Crippen LogP contribution in [0.3, 0.4) is 0 Å². The second-order valence-corrected chi connectivity index (χ2v) is 9.40. The van der Waals surface area contributed by atoms with Gasteiger partial charge in [-0.15, -0.1) is 5.54 Å². The minimum Gasteiger partial charge on any atom is -0.258 e. The van der Waals surface area contributed by atoms with Crippen LogP contribution in [0.4, 0.5) is 5.69 Å². The van der Waals surface area contributed by atoms with Gasteiger partial charge in [0.15, 0.2) is 0 Å². The molecule has 0 fully saturated rings. The van der Waals surface area contributed by atoms with E-state index in [0.29, 0.717) is 5.56 Å². The highest BCUT2D eigenvalue weighted by Crippen LogP contribution is 2.18. The van der Waals surface area contributed by atoms with Crippen LogP contribution in [0.15, 0.2) is 12.3 Å². The standard InChI is InChI=1S/C10H11ClN2O2Si/c1-16(2,3)5-4-8-6-9(13(14)15)7-12-10(8)11/h6-7H,1-3H3. The summed E-state index contributed by atoms with van der Waals surface area (Å²) < 4.78 is 0. The number of halogens is 1. The second-order valence-electron chi connectivity index (χ2n) is 4.29. The molecule has 0 spiro atoms. The van der Waals surface area contributed by atoms with Crippen LogP contribution in [0.1, 0.15) is 5.56 Å². The average molecular weight is 255 g/mol. The van der Waals surface area contributed by atoms with Crippen LogP contribution in [-0.4, -0.2) is 18.0 Å². The van der Waals surface area contributed by atoms with Gasteiger partial charge in [-0.1, -0.05) is 37.2 Å². The molecule has 6 heteroatoms. The molecule has 0 saturated carbocycles. The summed E-state index contributed by atoms with van der Waals surface area (Å²) in [6, 6.07) is 1.35. The topological polar surface area (TPSA) is 56.0 Å². The first-order chi connectivity index (χ1) is 7.29. The first-order valence-electron chi connectivity index (χ1n) is 4.63. The molecule has 0 atom stereocenters. The zero-order valence-electron chi connectivity index (χ0n) is 9.24. The highest BCUT2D eigenvalue weighted by molar-refractivity contribution is 6.83. The summed E-state index contributed by atoms with van der Waals surface area (Å²) in [6.07, 6.45) is 1.13. The molecule has 1 rings (SSSR count). The largest absolute Gasteiger partial charge is 0.288 e. The molecule has 1 heterocycles. The summed E-state index contributed by atoms with van der Waals surface area (Å²) in [5, 5.41) is 10.8. The van der Waals surface area contributed by atoms with E-state index < -0.39 is 13.0 Å². The maximum atomic E-state index is 10.5. The summed E-state index contributed by atoms with van der Waals surface area (Å²) in [5.41, 5.74) is 3.41. The van der Waals surface area contributed by atoms with Gasteiger partial charge in [0, 0.05) is 6.07 Å². The van der Waals surface area contributed by atoms with Crippen molar-refractivity contribution in [1.29, 1.82) is 0 Å². The molecule has 1 aromatic heterocycles. The van der Waals surface area contributed by atoms with E-state index in [1.807, 2.05) is 0 Å². The fourth-order valence-corrected chi connectivity index (χ4v) is 1.54. The van der Waals surface area contributed by atoms with Gasteiger partial charge >= 0.3 is 0 Å². The molecule has 0 radical (unpaired) electrons. The third-order valence-electron chi connectivity index (χ3n) is 1.61. The fraction of sp³-hybridized carbons (Fsp3) is 0.300.